The Morgan fingerprint density at radius 2 is 1.79 bits per heavy atom. The van der Waals surface area contributed by atoms with Crippen molar-refractivity contribution >= 4 is 5.71 Å². The van der Waals surface area contributed by atoms with Gasteiger partial charge in [0.25, 0.3) is 0 Å². The van der Waals surface area contributed by atoms with Crippen LogP contribution in [0.3, 0.4) is 0 Å². The van der Waals surface area contributed by atoms with Gasteiger partial charge < -0.3 is 4.84 Å². The Labute approximate surface area is 79.0 Å². The van der Waals surface area contributed by atoms with E-state index in [1.165, 1.54) is 24.3 Å². The van der Waals surface area contributed by atoms with Crippen LogP contribution in [0.15, 0.2) is 35.5 Å². The second-order valence-corrected chi connectivity index (χ2v) is 2.49. The summed E-state index contributed by atoms with van der Waals surface area (Å²) in [5, 5.41) is 2.96. The van der Waals surface area contributed by atoms with Crippen molar-refractivity contribution in [1.82, 2.24) is 0 Å². The predicted octanol–water partition coefficient (Wildman–Crippen LogP) is 2.60. The third kappa shape index (κ3) is 2.48. The molecule has 0 N–H and O–H groups in total. The summed E-state index contributed by atoms with van der Waals surface area (Å²) in [6.45, 7) is 0. The average Bonchev–Trinajstić information content (AvgIpc) is 2.14. The number of benzene rings is 1. The van der Waals surface area contributed by atoms with E-state index in [2.05, 4.69) is 9.99 Å². The fourth-order valence-electron chi connectivity index (χ4n) is 0.955. The molecule has 0 aliphatic heterocycles. The number of oxime groups is 1. The summed E-state index contributed by atoms with van der Waals surface area (Å²) >= 11 is 0. The lowest BCUT2D eigenvalue weighted by molar-refractivity contribution is -0.0607. The molecule has 1 rings (SSSR count). The zero-order chi connectivity index (χ0) is 10.6. The predicted molar refractivity (Wildman–Crippen MR) is 46.0 cm³/mol. The number of hydrogen-bond donors (Lipinski definition) is 0. The molecule has 0 unspecified atom stereocenters. The molecule has 2 nitrogen and oxygen atoms in total. The molecule has 1 aromatic rings. The first-order valence-corrected chi connectivity index (χ1v) is 3.79. The highest BCUT2D eigenvalue weighted by molar-refractivity contribution is 6.04. The zero-order valence-electron chi connectivity index (χ0n) is 7.38. The highest BCUT2D eigenvalue weighted by Gasteiger charge is 2.37. The second kappa shape index (κ2) is 4.13. The smallest absolute Gasteiger partial charge is 0.399 e. The molecular formula is C9H8F3NO. The molecule has 14 heavy (non-hydrogen) atoms. The van der Waals surface area contributed by atoms with E-state index in [1.54, 1.807) is 6.07 Å². The van der Waals surface area contributed by atoms with E-state index in [1.807, 2.05) is 0 Å². The minimum Gasteiger partial charge on any atom is -0.399 e. The summed E-state index contributed by atoms with van der Waals surface area (Å²) in [6.07, 6.45) is -4.50. The van der Waals surface area contributed by atoms with E-state index in [0.717, 1.165) is 7.11 Å². The SMILES string of the molecule is CON=C(c1ccccc1)C(F)(F)F. The van der Waals surface area contributed by atoms with Crippen LogP contribution < -0.4 is 0 Å². The third-order valence-electron chi connectivity index (χ3n) is 1.50. The van der Waals surface area contributed by atoms with Gasteiger partial charge in [0.2, 0.25) is 0 Å². The fraction of sp³-hybridized carbons (Fsp3) is 0.222. The second-order valence-electron chi connectivity index (χ2n) is 2.49. The molecular weight excluding hydrogens is 195 g/mol. The van der Waals surface area contributed by atoms with Crippen LogP contribution in [-0.4, -0.2) is 19.0 Å². The van der Waals surface area contributed by atoms with Gasteiger partial charge in [0.1, 0.15) is 7.11 Å². The molecule has 0 aromatic heterocycles. The van der Waals surface area contributed by atoms with Crippen molar-refractivity contribution < 1.29 is 18.0 Å². The molecule has 0 spiro atoms. The monoisotopic (exact) mass is 203 g/mol. The van der Waals surface area contributed by atoms with Crippen molar-refractivity contribution in [3.05, 3.63) is 35.9 Å². The molecule has 0 aliphatic rings. The number of nitrogens with zero attached hydrogens (tertiary/aromatic N) is 1. The van der Waals surface area contributed by atoms with Crippen LogP contribution in [0.4, 0.5) is 13.2 Å². The van der Waals surface area contributed by atoms with Crippen molar-refractivity contribution in [3.8, 4) is 0 Å². The highest BCUT2D eigenvalue weighted by Crippen LogP contribution is 2.22. The molecule has 0 heterocycles. The lowest BCUT2D eigenvalue weighted by Crippen LogP contribution is -2.24. The van der Waals surface area contributed by atoms with E-state index in [-0.39, 0.29) is 5.56 Å². The molecule has 0 saturated carbocycles. The van der Waals surface area contributed by atoms with Gasteiger partial charge in [-0.15, -0.1) is 0 Å². The largest absolute Gasteiger partial charge is 0.437 e. The fourth-order valence-corrected chi connectivity index (χ4v) is 0.955. The molecule has 76 valence electrons. The van der Waals surface area contributed by atoms with Crippen LogP contribution >= 0.6 is 0 Å². The van der Waals surface area contributed by atoms with Crippen LogP contribution in [0.1, 0.15) is 5.56 Å². The Balaban J connectivity index is 3.09. The van der Waals surface area contributed by atoms with Crippen LogP contribution in [-0.2, 0) is 4.84 Å². The summed E-state index contributed by atoms with van der Waals surface area (Å²) in [5.41, 5.74) is -1.04. The molecule has 0 aliphatic carbocycles. The van der Waals surface area contributed by atoms with E-state index in [9.17, 15) is 13.2 Å². The Morgan fingerprint density at radius 1 is 1.21 bits per heavy atom. The summed E-state index contributed by atoms with van der Waals surface area (Å²) in [6, 6.07) is 7.29. The van der Waals surface area contributed by atoms with E-state index in [0.29, 0.717) is 0 Å². The van der Waals surface area contributed by atoms with Gasteiger partial charge in [-0.1, -0.05) is 35.5 Å². The molecule has 0 radical (unpaired) electrons. The van der Waals surface area contributed by atoms with Gasteiger partial charge >= 0.3 is 6.18 Å². The minimum atomic E-state index is -4.50. The van der Waals surface area contributed by atoms with Gasteiger partial charge in [-0.3, -0.25) is 0 Å². The van der Waals surface area contributed by atoms with Crippen LogP contribution in [0.25, 0.3) is 0 Å². The standard InChI is InChI=1S/C9H8F3NO/c1-14-13-8(9(10,11)12)7-5-3-2-4-6-7/h2-6H,1H3. The molecule has 0 fully saturated rings. The first-order chi connectivity index (χ1) is 6.55. The topological polar surface area (TPSA) is 21.6 Å². The first-order valence-electron chi connectivity index (χ1n) is 3.79. The molecule has 0 bridgehead atoms. The van der Waals surface area contributed by atoms with Crippen molar-refractivity contribution in [1.29, 1.82) is 0 Å². The van der Waals surface area contributed by atoms with Gasteiger partial charge in [0, 0.05) is 5.56 Å². The van der Waals surface area contributed by atoms with Crippen molar-refractivity contribution in [3.63, 3.8) is 0 Å². The number of rotatable bonds is 2. The van der Waals surface area contributed by atoms with Crippen LogP contribution in [0, 0.1) is 0 Å². The summed E-state index contributed by atoms with van der Waals surface area (Å²) in [4.78, 5) is 4.15. The van der Waals surface area contributed by atoms with Gasteiger partial charge in [0.15, 0.2) is 5.71 Å². The number of hydrogen-bond acceptors (Lipinski definition) is 2. The summed E-state index contributed by atoms with van der Waals surface area (Å²) in [5.74, 6) is 0. The molecule has 5 heteroatoms. The Bertz CT molecular complexity index is 319. The van der Waals surface area contributed by atoms with Crippen molar-refractivity contribution in [2.24, 2.45) is 5.16 Å². The maximum absolute atomic E-state index is 12.4. The average molecular weight is 203 g/mol. The van der Waals surface area contributed by atoms with E-state index >= 15 is 0 Å². The molecule has 0 atom stereocenters. The van der Waals surface area contributed by atoms with Gasteiger partial charge in [-0.05, 0) is 0 Å². The minimum absolute atomic E-state index is 0.0122. The molecule has 0 amide bonds. The van der Waals surface area contributed by atoms with Crippen LogP contribution in [0.2, 0.25) is 0 Å². The third-order valence-corrected chi connectivity index (χ3v) is 1.50. The molecule has 1 aromatic carbocycles. The quantitative estimate of drug-likeness (QED) is 0.534. The number of halogens is 3. The Kier molecular flexibility index (Phi) is 3.11. The van der Waals surface area contributed by atoms with E-state index < -0.39 is 11.9 Å². The lowest BCUT2D eigenvalue weighted by Gasteiger charge is -2.08. The van der Waals surface area contributed by atoms with Gasteiger partial charge in [-0.2, -0.15) is 13.2 Å². The summed E-state index contributed by atoms with van der Waals surface area (Å²) in [7, 11) is 1.08. The van der Waals surface area contributed by atoms with Crippen molar-refractivity contribution in [2.75, 3.05) is 7.11 Å². The first kappa shape index (κ1) is 10.6. The van der Waals surface area contributed by atoms with Crippen molar-refractivity contribution in [2.45, 2.75) is 6.18 Å². The van der Waals surface area contributed by atoms with Crippen LogP contribution in [0.5, 0.6) is 0 Å². The maximum Gasteiger partial charge on any atom is 0.437 e. The maximum atomic E-state index is 12.4. The molecule has 0 saturated heterocycles. The van der Waals surface area contributed by atoms with Gasteiger partial charge in [-0.25, -0.2) is 0 Å². The zero-order valence-corrected chi connectivity index (χ0v) is 7.38. The van der Waals surface area contributed by atoms with Gasteiger partial charge in [0.05, 0.1) is 0 Å². The highest BCUT2D eigenvalue weighted by atomic mass is 19.4. The summed E-state index contributed by atoms with van der Waals surface area (Å²) < 4.78 is 37.1. The normalized spacial score (nSPS) is 12.7. The lowest BCUT2D eigenvalue weighted by atomic mass is 10.1. The Morgan fingerprint density at radius 3 is 2.21 bits per heavy atom. The number of alkyl halides is 3. The van der Waals surface area contributed by atoms with E-state index in [4.69, 9.17) is 0 Å². The Hall–Kier alpha value is -1.52.